The highest BCUT2D eigenvalue weighted by molar-refractivity contribution is 4.81. The zero-order chi connectivity index (χ0) is 8.93. The molecular formula is C10H21N3. The van der Waals surface area contributed by atoms with E-state index in [-0.39, 0.29) is 0 Å². The van der Waals surface area contributed by atoms with Crippen LogP contribution in [0.4, 0.5) is 0 Å². The minimum atomic E-state index is 0.782. The van der Waals surface area contributed by atoms with Crippen molar-refractivity contribution in [3.05, 3.63) is 0 Å². The van der Waals surface area contributed by atoms with E-state index >= 15 is 0 Å². The molecular weight excluding hydrogens is 162 g/mol. The quantitative estimate of drug-likeness (QED) is 0.567. The van der Waals surface area contributed by atoms with Crippen molar-refractivity contribution in [1.82, 2.24) is 16.0 Å². The molecule has 0 amide bonds. The molecule has 2 aliphatic rings. The highest BCUT2D eigenvalue weighted by Crippen LogP contribution is 2.08. The van der Waals surface area contributed by atoms with Gasteiger partial charge < -0.3 is 16.0 Å². The van der Waals surface area contributed by atoms with Gasteiger partial charge in [-0.2, -0.15) is 0 Å². The first-order valence-electron chi connectivity index (χ1n) is 5.62. The highest BCUT2D eigenvalue weighted by Gasteiger charge is 2.18. The van der Waals surface area contributed by atoms with Crippen LogP contribution in [0.2, 0.25) is 0 Å². The SMILES string of the molecule is C1CC(NC2CCNCC2)CCN1. The lowest BCUT2D eigenvalue weighted by molar-refractivity contribution is 0.305. The molecule has 2 heterocycles. The maximum atomic E-state index is 3.78. The molecule has 76 valence electrons. The zero-order valence-electron chi connectivity index (χ0n) is 8.31. The van der Waals surface area contributed by atoms with Crippen molar-refractivity contribution in [2.75, 3.05) is 26.2 Å². The maximum absolute atomic E-state index is 3.78. The van der Waals surface area contributed by atoms with Crippen molar-refractivity contribution in [3.8, 4) is 0 Å². The van der Waals surface area contributed by atoms with Gasteiger partial charge in [0.25, 0.3) is 0 Å². The Hall–Kier alpha value is -0.120. The Labute approximate surface area is 80.7 Å². The van der Waals surface area contributed by atoms with Crippen LogP contribution in [0.3, 0.4) is 0 Å². The van der Waals surface area contributed by atoms with Gasteiger partial charge in [-0.15, -0.1) is 0 Å². The lowest BCUT2D eigenvalue weighted by Gasteiger charge is -2.31. The van der Waals surface area contributed by atoms with Crippen LogP contribution in [0.15, 0.2) is 0 Å². The summed E-state index contributed by atoms with van der Waals surface area (Å²) < 4.78 is 0. The fourth-order valence-electron chi connectivity index (χ4n) is 2.31. The van der Waals surface area contributed by atoms with Crippen LogP contribution in [0.25, 0.3) is 0 Å². The van der Waals surface area contributed by atoms with Crippen molar-refractivity contribution >= 4 is 0 Å². The van der Waals surface area contributed by atoms with Gasteiger partial charge in [0.15, 0.2) is 0 Å². The zero-order valence-corrected chi connectivity index (χ0v) is 8.31. The lowest BCUT2D eigenvalue weighted by atomic mass is 10.0. The molecule has 0 unspecified atom stereocenters. The molecule has 3 N–H and O–H groups in total. The van der Waals surface area contributed by atoms with Crippen LogP contribution >= 0.6 is 0 Å². The van der Waals surface area contributed by atoms with Gasteiger partial charge >= 0.3 is 0 Å². The van der Waals surface area contributed by atoms with E-state index in [1.54, 1.807) is 0 Å². The molecule has 3 nitrogen and oxygen atoms in total. The molecule has 0 bridgehead atoms. The monoisotopic (exact) mass is 183 g/mol. The lowest BCUT2D eigenvalue weighted by Crippen LogP contribution is -2.48. The summed E-state index contributed by atoms with van der Waals surface area (Å²) in [4.78, 5) is 0. The van der Waals surface area contributed by atoms with Crippen LogP contribution in [0.1, 0.15) is 25.7 Å². The fraction of sp³-hybridized carbons (Fsp3) is 1.00. The third-order valence-electron chi connectivity index (χ3n) is 3.15. The minimum Gasteiger partial charge on any atom is -0.317 e. The number of rotatable bonds is 2. The Kier molecular flexibility index (Phi) is 3.58. The normalized spacial score (nSPS) is 27.7. The van der Waals surface area contributed by atoms with Gasteiger partial charge in [-0.25, -0.2) is 0 Å². The van der Waals surface area contributed by atoms with E-state index in [0.29, 0.717) is 0 Å². The average Bonchev–Trinajstić information content (AvgIpc) is 2.21. The number of piperidine rings is 2. The van der Waals surface area contributed by atoms with Gasteiger partial charge in [-0.05, 0) is 51.9 Å². The number of hydrogen-bond acceptors (Lipinski definition) is 3. The second-order valence-electron chi connectivity index (χ2n) is 4.22. The molecule has 2 fully saturated rings. The molecule has 2 saturated heterocycles. The summed E-state index contributed by atoms with van der Waals surface area (Å²) in [7, 11) is 0. The van der Waals surface area contributed by atoms with E-state index in [1.165, 1.54) is 51.9 Å². The highest BCUT2D eigenvalue weighted by atomic mass is 15.0. The molecule has 2 aliphatic heterocycles. The molecule has 0 aromatic carbocycles. The van der Waals surface area contributed by atoms with Crippen molar-refractivity contribution < 1.29 is 0 Å². The first kappa shape index (κ1) is 9.44. The topological polar surface area (TPSA) is 36.1 Å². The minimum absolute atomic E-state index is 0.782. The van der Waals surface area contributed by atoms with Crippen LogP contribution in [-0.4, -0.2) is 38.3 Å². The second-order valence-corrected chi connectivity index (χ2v) is 4.22. The predicted molar refractivity (Wildman–Crippen MR) is 54.9 cm³/mol. The maximum Gasteiger partial charge on any atom is 0.00938 e. The number of nitrogens with one attached hydrogen (secondary N) is 3. The number of hydrogen-bond donors (Lipinski definition) is 3. The van der Waals surface area contributed by atoms with Crippen LogP contribution in [0, 0.1) is 0 Å². The first-order chi connectivity index (χ1) is 6.45. The largest absolute Gasteiger partial charge is 0.317 e. The van der Waals surface area contributed by atoms with Gasteiger partial charge in [0, 0.05) is 12.1 Å². The summed E-state index contributed by atoms with van der Waals surface area (Å²) in [6, 6.07) is 1.56. The summed E-state index contributed by atoms with van der Waals surface area (Å²) in [6.07, 6.45) is 5.24. The molecule has 0 spiro atoms. The molecule has 3 heteroatoms. The molecule has 0 aromatic rings. The predicted octanol–water partition coefficient (Wildman–Crippen LogP) is 0.0800. The first-order valence-corrected chi connectivity index (χ1v) is 5.62. The van der Waals surface area contributed by atoms with Crippen LogP contribution < -0.4 is 16.0 Å². The van der Waals surface area contributed by atoms with E-state index in [0.717, 1.165) is 12.1 Å². The van der Waals surface area contributed by atoms with E-state index in [2.05, 4.69) is 16.0 Å². The van der Waals surface area contributed by atoms with Gasteiger partial charge in [0.1, 0.15) is 0 Å². The Balaban J connectivity index is 1.69. The van der Waals surface area contributed by atoms with E-state index in [4.69, 9.17) is 0 Å². The van der Waals surface area contributed by atoms with Crippen LogP contribution in [0.5, 0.6) is 0 Å². The van der Waals surface area contributed by atoms with Gasteiger partial charge in [0.2, 0.25) is 0 Å². The summed E-state index contributed by atoms with van der Waals surface area (Å²) in [5.41, 5.74) is 0. The molecule has 0 aromatic heterocycles. The summed E-state index contributed by atoms with van der Waals surface area (Å²) >= 11 is 0. The summed E-state index contributed by atoms with van der Waals surface area (Å²) in [5, 5.41) is 10.6. The Morgan fingerprint density at radius 3 is 1.46 bits per heavy atom. The van der Waals surface area contributed by atoms with Crippen molar-refractivity contribution in [2.24, 2.45) is 0 Å². The van der Waals surface area contributed by atoms with Gasteiger partial charge in [-0.3, -0.25) is 0 Å². The summed E-state index contributed by atoms with van der Waals surface area (Å²) in [5.74, 6) is 0. The van der Waals surface area contributed by atoms with E-state index in [9.17, 15) is 0 Å². The Morgan fingerprint density at radius 1 is 0.692 bits per heavy atom. The second kappa shape index (κ2) is 4.94. The third-order valence-corrected chi connectivity index (χ3v) is 3.15. The molecule has 13 heavy (non-hydrogen) atoms. The van der Waals surface area contributed by atoms with Gasteiger partial charge in [0.05, 0.1) is 0 Å². The van der Waals surface area contributed by atoms with Crippen molar-refractivity contribution in [3.63, 3.8) is 0 Å². The van der Waals surface area contributed by atoms with E-state index < -0.39 is 0 Å². The Morgan fingerprint density at radius 2 is 1.08 bits per heavy atom. The standard InChI is InChI=1S/C10H21N3/c1-5-11-6-2-9(1)13-10-3-7-12-8-4-10/h9-13H,1-8H2. The fourth-order valence-corrected chi connectivity index (χ4v) is 2.31. The van der Waals surface area contributed by atoms with Gasteiger partial charge in [-0.1, -0.05) is 0 Å². The van der Waals surface area contributed by atoms with E-state index in [1.807, 2.05) is 0 Å². The smallest absolute Gasteiger partial charge is 0.00938 e. The average molecular weight is 183 g/mol. The molecule has 0 aliphatic carbocycles. The van der Waals surface area contributed by atoms with Crippen LogP contribution in [-0.2, 0) is 0 Å². The van der Waals surface area contributed by atoms with Crippen molar-refractivity contribution in [2.45, 2.75) is 37.8 Å². The molecule has 0 atom stereocenters. The Bertz CT molecular complexity index is 121. The molecule has 0 radical (unpaired) electrons. The molecule has 2 rings (SSSR count). The molecule has 0 saturated carbocycles. The summed E-state index contributed by atoms with van der Waals surface area (Å²) in [6.45, 7) is 4.79. The third kappa shape index (κ3) is 2.93. The van der Waals surface area contributed by atoms with Crippen molar-refractivity contribution in [1.29, 1.82) is 0 Å².